The second-order valence-electron chi connectivity index (χ2n) is 6.06. The predicted octanol–water partition coefficient (Wildman–Crippen LogP) is 3.90. The van der Waals surface area contributed by atoms with E-state index in [1.54, 1.807) is 24.3 Å². The van der Waals surface area contributed by atoms with Gasteiger partial charge in [0.15, 0.2) is 0 Å². The smallest absolute Gasteiger partial charge is 0.269 e. The highest BCUT2D eigenvalue weighted by Gasteiger charge is 2.15. The van der Waals surface area contributed by atoms with Gasteiger partial charge in [0, 0.05) is 28.5 Å². The van der Waals surface area contributed by atoms with Gasteiger partial charge in [0.1, 0.15) is 5.69 Å². The number of hydrogen-bond donors (Lipinski definition) is 2. The number of benzene rings is 2. The Morgan fingerprint density at radius 2 is 1.86 bits per heavy atom. The van der Waals surface area contributed by atoms with E-state index in [1.807, 2.05) is 18.2 Å². The lowest BCUT2D eigenvalue weighted by Crippen LogP contribution is -2.11. The van der Waals surface area contributed by atoms with Gasteiger partial charge in [-0.25, -0.2) is 4.68 Å². The van der Waals surface area contributed by atoms with Crippen molar-refractivity contribution in [2.75, 3.05) is 5.84 Å². The number of aromatic nitrogens is 5. The topological polar surface area (TPSA) is 129 Å². The van der Waals surface area contributed by atoms with E-state index in [1.165, 1.54) is 28.6 Å². The van der Waals surface area contributed by atoms with Gasteiger partial charge in [0.25, 0.3) is 5.69 Å². The summed E-state index contributed by atoms with van der Waals surface area (Å²) in [4.78, 5) is 10.3. The van der Waals surface area contributed by atoms with E-state index in [2.05, 4.69) is 20.4 Å². The first kappa shape index (κ1) is 19.0. The van der Waals surface area contributed by atoms with Crippen molar-refractivity contribution in [2.24, 2.45) is 0 Å². The van der Waals surface area contributed by atoms with Crippen molar-refractivity contribution in [3.05, 3.63) is 75.3 Å². The highest BCUT2D eigenvalue weighted by molar-refractivity contribution is 7.98. The largest absolute Gasteiger partial charge is 0.335 e. The van der Waals surface area contributed by atoms with Crippen LogP contribution in [0.3, 0.4) is 0 Å². The van der Waals surface area contributed by atoms with Gasteiger partial charge in [-0.15, -0.1) is 10.2 Å². The van der Waals surface area contributed by atoms with Crippen LogP contribution in [0.15, 0.2) is 59.8 Å². The first-order chi connectivity index (χ1) is 14.0. The molecule has 0 bridgehead atoms. The summed E-state index contributed by atoms with van der Waals surface area (Å²) in [5.74, 6) is 7.14. The summed E-state index contributed by atoms with van der Waals surface area (Å²) < 4.78 is 1.38. The Balaban J connectivity index is 1.48. The fraction of sp³-hybridized carbons (Fsp3) is 0.0556. The fourth-order valence-electron chi connectivity index (χ4n) is 2.63. The van der Waals surface area contributed by atoms with Crippen molar-refractivity contribution in [3.63, 3.8) is 0 Å². The SMILES string of the molecule is Nn1c(SCc2ccc([N+](=O)[O-])cc2)nnc1-c1cc(-c2ccc(Cl)cc2)n[nH]1. The van der Waals surface area contributed by atoms with Crippen LogP contribution in [-0.4, -0.2) is 30.0 Å². The average molecular weight is 428 g/mol. The van der Waals surface area contributed by atoms with E-state index in [4.69, 9.17) is 17.4 Å². The Morgan fingerprint density at radius 1 is 1.14 bits per heavy atom. The van der Waals surface area contributed by atoms with Crippen molar-refractivity contribution in [1.82, 2.24) is 25.1 Å². The molecule has 0 unspecified atom stereocenters. The van der Waals surface area contributed by atoms with E-state index in [0.29, 0.717) is 27.5 Å². The Morgan fingerprint density at radius 3 is 2.55 bits per heavy atom. The second-order valence-corrected chi connectivity index (χ2v) is 7.44. The number of nitrogen functional groups attached to an aromatic ring is 1. The summed E-state index contributed by atoms with van der Waals surface area (Å²) in [7, 11) is 0. The van der Waals surface area contributed by atoms with Crippen LogP contribution in [-0.2, 0) is 5.75 Å². The minimum Gasteiger partial charge on any atom is -0.335 e. The third-order valence-corrected chi connectivity index (χ3v) is 5.40. The standard InChI is InChI=1S/C18H14ClN7O2S/c19-13-5-3-12(4-6-13)15-9-16(22-21-15)17-23-24-18(25(17)20)29-10-11-1-7-14(8-2-11)26(27)28/h1-9H,10,20H2,(H,21,22). The lowest BCUT2D eigenvalue weighted by Gasteiger charge is -2.02. The molecule has 0 aliphatic heterocycles. The molecule has 2 aromatic carbocycles. The van der Waals surface area contributed by atoms with Crippen molar-refractivity contribution in [2.45, 2.75) is 10.9 Å². The molecule has 0 fully saturated rings. The molecule has 0 spiro atoms. The molecule has 0 atom stereocenters. The number of hydrogen-bond acceptors (Lipinski definition) is 7. The van der Waals surface area contributed by atoms with Crippen LogP contribution in [0, 0.1) is 10.1 Å². The van der Waals surface area contributed by atoms with E-state index in [0.717, 1.165) is 16.8 Å². The van der Waals surface area contributed by atoms with Gasteiger partial charge < -0.3 is 5.84 Å². The molecular formula is C18H14ClN7O2S. The first-order valence-electron chi connectivity index (χ1n) is 8.39. The Bertz CT molecular complexity index is 1160. The van der Waals surface area contributed by atoms with Crippen LogP contribution in [0.1, 0.15) is 5.56 Å². The molecule has 2 heterocycles. The summed E-state index contributed by atoms with van der Waals surface area (Å²) in [6.45, 7) is 0. The molecular weight excluding hydrogens is 414 g/mol. The molecule has 9 nitrogen and oxygen atoms in total. The Hall–Kier alpha value is -3.37. The van der Waals surface area contributed by atoms with Gasteiger partial charge in [0.05, 0.1) is 10.6 Å². The summed E-state index contributed by atoms with van der Waals surface area (Å²) in [6.07, 6.45) is 0. The lowest BCUT2D eigenvalue weighted by molar-refractivity contribution is -0.384. The number of halogens is 1. The van der Waals surface area contributed by atoms with Gasteiger partial charge in [0.2, 0.25) is 11.0 Å². The van der Waals surface area contributed by atoms with E-state index in [-0.39, 0.29) is 5.69 Å². The Kier molecular flexibility index (Phi) is 5.19. The van der Waals surface area contributed by atoms with Gasteiger partial charge in [-0.3, -0.25) is 15.2 Å². The molecule has 4 rings (SSSR count). The van der Waals surface area contributed by atoms with Crippen LogP contribution in [0.2, 0.25) is 5.02 Å². The van der Waals surface area contributed by atoms with E-state index < -0.39 is 4.92 Å². The highest BCUT2D eigenvalue weighted by Crippen LogP contribution is 2.27. The summed E-state index contributed by atoms with van der Waals surface area (Å²) in [5, 5.41) is 27.4. The number of thioether (sulfide) groups is 1. The second kappa shape index (κ2) is 7.94. The monoisotopic (exact) mass is 427 g/mol. The number of nitro benzene ring substituents is 1. The quantitative estimate of drug-likeness (QED) is 0.206. The fourth-order valence-corrected chi connectivity index (χ4v) is 3.56. The maximum absolute atomic E-state index is 10.7. The normalized spacial score (nSPS) is 10.9. The number of nitrogens with zero attached hydrogens (tertiary/aromatic N) is 5. The summed E-state index contributed by atoms with van der Waals surface area (Å²) in [5.41, 5.74) is 3.25. The highest BCUT2D eigenvalue weighted by atomic mass is 35.5. The van der Waals surface area contributed by atoms with Crippen LogP contribution < -0.4 is 5.84 Å². The summed E-state index contributed by atoms with van der Waals surface area (Å²) >= 11 is 7.30. The minimum atomic E-state index is -0.428. The van der Waals surface area contributed by atoms with Crippen molar-refractivity contribution >= 4 is 29.1 Å². The molecule has 29 heavy (non-hydrogen) atoms. The molecule has 0 aliphatic carbocycles. The average Bonchev–Trinajstić information content (AvgIpc) is 3.34. The molecule has 146 valence electrons. The zero-order valence-corrected chi connectivity index (χ0v) is 16.4. The minimum absolute atomic E-state index is 0.0544. The number of nitrogens with one attached hydrogen (secondary N) is 1. The number of H-pyrrole nitrogens is 1. The van der Waals surface area contributed by atoms with Gasteiger partial charge >= 0.3 is 0 Å². The maximum Gasteiger partial charge on any atom is 0.269 e. The molecule has 2 aromatic heterocycles. The number of rotatable bonds is 6. The van der Waals surface area contributed by atoms with Crippen LogP contribution in [0.25, 0.3) is 22.8 Å². The van der Waals surface area contributed by atoms with E-state index >= 15 is 0 Å². The molecule has 11 heteroatoms. The van der Waals surface area contributed by atoms with Gasteiger partial charge in [-0.1, -0.05) is 47.6 Å². The molecule has 3 N–H and O–H groups in total. The van der Waals surface area contributed by atoms with Crippen molar-refractivity contribution in [1.29, 1.82) is 0 Å². The number of non-ortho nitro benzene ring substituents is 1. The molecule has 0 saturated carbocycles. The van der Waals surface area contributed by atoms with Gasteiger partial charge in [-0.05, 0) is 23.8 Å². The zero-order chi connectivity index (χ0) is 20.4. The van der Waals surface area contributed by atoms with Crippen molar-refractivity contribution in [3.8, 4) is 22.8 Å². The predicted molar refractivity (Wildman–Crippen MR) is 111 cm³/mol. The first-order valence-corrected chi connectivity index (χ1v) is 9.76. The molecule has 0 amide bonds. The molecule has 0 radical (unpaired) electrons. The van der Waals surface area contributed by atoms with Crippen molar-refractivity contribution < 1.29 is 4.92 Å². The molecule has 4 aromatic rings. The number of aromatic amines is 1. The maximum atomic E-state index is 10.7. The van der Waals surface area contributed by atoms with E-state index in [9.17, 15) is 10.1 Å². The Labute approximate surface area is 174 Å². The third kappa shape index (κ3) is 4.08. The lowest BCUT2D eigenvalue weighted by atomic mass is 10.1. The van der Waals surface area contributed by atoms with Crippen LogP contribution in [0.4, 0.5) is 5.69 Å². The zero-order valence-electron chi connectivity index (χ0n) is 14.8. The molecule has 0 saturated heterocycles. The number of nitrogens with two attached hydrogens (primary N) is 1. The molecule has 0 aliphatic rings. The number of nitro groups is 1. The van der Waals surface area contributed by atoms with Crippen LogP contribution >= 0.6 is 23.4 Å². The third-order valence-electron chi connectivity index (χ3n) is 4.14. The van der Waals surface area contributed by atoms with Gasteiger partial charge in [-0.2, -0.15) is 5.10 Å². The summed E-state index contributed by atoms with van der Waals surface area (Å²) in [6, 6.07) is 15.5. The van der Waals surface area contributed by atoms with Crippen LogP contribution in [0.5, 0.6) is 0 Å².